The fourth-order valence-electron chi connectivity index (χ4n) is 2.16. The van der Waals surface area contributed by atoms with E-state index >= 15 is 0 Å². The third-order valence-corrected chi connectivity index (χ3v) is 3.20. The predicted molar refractivity (Wildman–Crippen MR) is 77.4 cm³/mol. The zero-order valence-electron chi connectivity index (χ0n) is 14.1. The second-order valence-corrected chi connectivity index (χ2v) is 4.33. The number of ether oxygens (including phenoxy) is 5. The summed E-state index contributed by atoms with van der Waals surface area (Å²) in [7, 11) is 4.90. The number of esters is 5. The minimum atomic E-state index is -1.17. The summed E-state index contributed by atoms with van der Waals surface area (Å²) in [5, 5.41) is 0. The fraction of sp³-hybridized carbons (Fsp3) is 0.333. The van der Waals surface area contributed by atoms with Crippen LogP contribution in [0, 0.1) is 5.92 Å². The van der Waals surface area contributed by atoms with Gasteiger partial charge in [-0.15, -0.1) is 0 Å². The highest BCUT2D eigenvalue weighted by molar-refractivity contribution is 6.27. The second-order valence-electron chi connectivity index (χ2n) is 4.33. The first-order chi connectivity index (χ1) is 11.8. The first kappa shape index (κ1) is 19.9. The summed E-state index contributed by atoms with van der Waals surface area (Å²) in [6.45, 7) is 0. The lowest BCUT2D eigenvalue weighted by Gasteiger charge is -2.13. The molecule has 0 heterocycles. The lowest BCUT2D eigenvalue weighted by Crippen LogP contribution is -2.26. The lowest BCUT2D eigenvalue weighted by molar-refractivity contribution is -0.143. The Morgan fingerprint density at radius 3 is 0.920 bits per heavy atom. The van der Waals surface area contributed by atoms with Crippen LogP contribution in [0.5, 0.6) is 0 Å². The molecule has 0 bridgehead atoms. The second kappa shape index (κ2) is 8.08. The number of carbonyl (C=O) groups excluding carboxylic acids is 5. The van der Waals surface area contributed by atoms with Crippen LogP contribution >= 0.6 is 0 Å². The van der Waals surface area contributed by atoms with Crippen molar-refractivity contribution in [3.8, 4) is 0 Å². The van der Waals surface area contributed by atoms with Gasteiger partial charge in [0.25, 0.3) is 0 Å². The Kier molecular flexibility index (Phi) is 6.43. The molecule has 0 aromatic heterocycles. The maximum atomic E-state index is 12.1. The van der Waals surface area contributed by atoms with E-state index in [1.54, 1.807) is 0 Å². The zero-order chi connectivity index (χ0) is 19.3. The Bertz CT molecular complexity index is 645. The summed E-state index contributed by atoms with van der Waals surface area (Å²) in [6.07, 6.45) is 0. The highest BCUT2D eigenvalue weighted by atomic mass is 16.5. The molecular formula is C15H15O10. The molecule has 10 nitrogen and oxygen atoms in total. The number of methoxy groups -OCH3 is 5. The summed E-state index contributed by atoms with van der Waals surface area (Å²) in [5.41, 5.74) is -2.66. The molecule has 0 amide bonds. The first-order valence-corrected chi connectivity index (χ1v) is 6.58. The van der Waals surface area contributed by atoms with Crippen LogP contribution < -0.4 is 0 Å². The largest absolute Gasteiger partial charge is 0.468 e. The molecule has 0 fully saturated rings. The van der Waals surface area contributed by atoms with Crippen LogP contribution in [0.1, 0.15) is 0 Å². The van der Waals surface area contributed by atoms with Crippen molar-refractivity contribution in [2.75, 3.05) is 35.5 Å². The van der Waals surface area contributed by atoms with Gasteiger partial charge in [0, 0.05) is 0 Å². The minimum Gasteiger partial charge on any atom is -0.468 e. The molecule has 1 radical (unpaired) electrons. The van der Waals surface area contributed by atoms with Crippen molar-refractivity contribution in [1.82, 2.24) is 0 Å². The predicted octanol–water partition coefficient (Wildman–Crippen LogP) is -0.967. The van der Waals surface area contributed by atoms with Gasteiger partial charge in [0.05, 0.1) is 57.8 Å². The van der Waals surface area contributed by atoms with Gasteiger partial charge in [-0.2, -0.15) is 0 Å². The topological polar surface area (TPSA) is 132 Å². The smallest absolute Gasteiger partial charge is 0.339 e. The molecule has 0 atom stereocenters. The lowest BCUT2D eigenvalue weighted by atomic mass is 9.94. The van der Waals surface area contributed by atoms with E-state index < -0.39 is 58.1 Å². The van der Waals surface area contributed by atoms with Gasteiger partial charge in [0.1, 0.15) is 0 Å². The Hall–Kier alpha value is -3.17. The third-order valence-electron chi connectivity index (χ3n) is 3.20. The summed E-state index contributed by atoms with van der Waals surface area (Å²) in [4.78, 5) is 60.7. The van der Waals surface area contributed by atoms with Crippen LogP contribution in [0.3, 0.4) is 0 Å². The van der Waals surface area contributed by atoms with E-state index in [0.717, 1.165) is 35.5 Å². The van der Waals surface area contributed by atoms with E-state index in [4.69, 9.17) is 0 Å². The summed E-state index contributed by atoms with van der Waals surface area (Å²) < 4.78 is 22.7. The van der Waals surface area contributed by atoms with Crippen molar-refractivity contribution < 1.29 is 47.7 Å². The highest BCUT2D eigenvalue weighted by Gasteiger charge is 2.51. The average Bonchev–Trinajstić information content (AvgIpc) is 3.00. The first-order valence-electron chi connectivity index (χ1n) is 6.58. The molecule has 25 heavy (non-hydrogen) atoms. The molecule has 0 aromatic carbocycles. The van der Waals surface area contributed by atoms with Crippen molar-refractivity contribution >= 4 is 29.8 Å². The van der Waals surface area contributed by atoms with Gasteiger partial charge in [-0.1, -0.05) is 0 Å². The highest BCUT2D eigenvalue weighted by Crippen LogP contribution is 2.42. The van der Waals surface area contributed by atoms with Crippen LogP contribution in [-0.4, -0.2) is 65.4 Å². The van der Waals surface area contributed by atoms with Crippen molar-refractivity contribution in [3.05, 3.63) is 28.2 Å². The van der Waals surface area contributed by atoms with E-state index in [1.165, 1.54) is 0 Å². The molecule has 0 saturated heterocycles. The monoisotopic (exact) mass is 355 g/mol. The van der Waals surface area contributed by atoms with Crippen LogP contribution in [-0.2, 0) is 47.7 Å². The Labute approximate surface area is 142 Å². The van der Waals surface area contributed by atoms with Crippen molar-refractivity contribution in [2.24, 2.45) is 0 Å². The Morgan fingerprint density at radius 1 is 0.440 bits per heavy atom. The van der Waals surface area contributed by atoms with Crippen LogP contribution in [0.15, 0.2) is 22.3 Å². The normalized spacial score (nSPS) is 14.1. The number of hydrogen-bond acceptors (Lipinski definition) is 10. The third kappa shape index (κ3) is 3.37. The van der Waals surface area contributed by atoms with Crippen LogP contribution in [0.25, 0.3) is 0 Å². The molecule has 1 rings (SSSR count). The molecule has 1 aliphatic rings. The van der Waals surface area contributed by atoms with Gasteiger partial charge in [0.15, 0.2) is 5.92 Å². The molecule has 10 heteroatoms. The van der Waals surface area contributed by atoms with Gasteiger partial charge in [-0.05, 0) is 0 Å². The van der Waals surface area contributed by atoms with Gasteiger partial charge in [-0.25, -0.2) is 19.2 Å². The summed E-state index contributed by atoms with van der Waals surface area (Å²) in [5.74, 6) is -6.49. The molecule has 0 aromatic rings. The Morgan fingerprint density at radius 2 is 0.680 bits per heavy atom. The quantitative estimate of drug-likeness (QED) is 0.448. The summed E-state index contributed by atoms with van der Waals surface area (Å²) in [6, 6.07) is 0. The molecule has 1 aliphatic carbocycles. The molecular weight excluding hydrogens is 340 g/mol. The van der Waals surface area contributed by atoms with Crippen molar-refractivity contribution in [1.29, 1.82) is 0 Å². The van der Waals surface area contributed by atoms with Gasteiger partial charge in [-0.3, -0.25) is 4.79 Å². The van der Waals surface area contributed by atoms with Gasteiger partial charge < -0.3 is 23.7 Å². The molecule has 0 spiro atoms. The maximum Gasteiger partial charge on any atom is 0.339 e. The van der Waals surface area contributed by atoms with E-state index in [-0.39, 0.29) is 0 Å². The zero-order valence-corrected chi connectivity index (χ0v) is 14.1. The Balaban J connectivity index is 3.93. The van der Waals surface area contributed by atoms with E-state index in [2.05, 4.69) is 23.7 Å². The average molecular weight is 355 g/mol. The molecule has 0 saturated carbocycles. The van der Waals surface area contributed by atoms with E-state index in [0.29, 0.717) is 0 Å². The standard InChI is InChI=1S/C15H15O10/c1-21-11(16)6-7(12(17)22-2)9(14(19)24-4)10(15(20)25-5)8(6)13(18)23-3/h1-5H3. The SMILES string of the molecule is COC(=O)[C]1C(C(=O)OC)=C(C(=O)OC)C(C(=O)OC)=C1C(=O)OC. The van der Waals surface area contributed by atoms with Crippen molar-refractivity contribution in [2.45, 2.75) is 0 Å². The van der Waals surface area contributed by atoms with E-state index in [1.807, 2.05) is 0 Å². The van der Waals surface area contributed by atoms with Gasteiger partial charge >= 0.3 is 29.8 Å². The molecule has 0 N–H and O–H groups in total. The maximum absolute atomic E-state index is 12.1. The van der Waals surface area contributed by atoms with Crippen LogP contribution in [0.4, 0.5) is 0 Å². The van der Waals surface area contributed by atoms with Gasteiger partial charge in [0.2, 0.25) is 0 Å². The summed E-state index contributed by atoms with van der Waals surface area (Å²) >= 11 is 0. The fourth-order valence-corrected chi connectivity index (χ4v) is 2.16. The van der Waals surface area contributed by atoms with E-state index in [9.17, 15) is 24.0 Å². The molecule has 0 unspecified atom stereocenters. The number of carbonyl (C=O) groups is 5. The minimum absolute atomic E-state index is 0.665. The van der Waals surface area contributed by atoms with Crippen LogP contribution in [0.2, 0.25) is 0 Å². The number of hydrogen-bond donors (Lipinski definition) is 0. The number of rotatable bonds is 5. The molecule has 0 aliphatic heterocycles. The molecule has 135 valence electrons. The van der Waals surface area contributed by atoms with Crippen molar-refractivity contribution in [3.63, 3.8) is 0 Å².